The Balaban J connectivity index is 1.80. The predicted molar refractivity (Wildman–Crippen MR) is 92.9 cm³/mol. The summed E-state index contributed by atoms with van der Waals surface area (Å²) in [5, 5.41) is 2.94. The second kappa shape index (κ2) is 7.67. The van der Waals surface area contributed by atoms with Gasteiger partial charge in [0.2, 0.25) is 11.8 Å². The predicted octanol–water partition coefficient (Wildman–Crippen LogP) is 3.36. The summed E-state index contributed by atoms with van der Waals surface area (Å²) in [5.74, 6) is 1.25. The van der Waals surface area contributed by atoms with Crippen LogP contribution in [0.15, 0.2) is 0 Å². The number of carbonyl (C=O) groups excluding carboxylic acids is 2. The Hall–Kier alpha value is -1.06. The zero-order valence-electron chi connectivity index (χ0n) is 15.4. The van der Waals surface area contributed by atoms with Crippen LogP contribution in [-0.4, -0.2) is 35.8 Å². The molecule has 0 spiro atoms. The highest BCUT2D eigenvalue weighted by molar-refractivity contribution is 5.87. The minimum atomic E-state index is -0.394. The molecule has 3 atom stereocenters. The summed E-state index contributed by atoms with van der Waals surface area (Å²) < 4.78 is 0. The minimum Gasteiger partial charge on any atom is -0.345 e. The molecule has 1 aliphatic carbocycles. The number of hydrogen-bond donors (Lipinski definition) is 1. The van der Waals surface area contributed by atoms with E-state index in [0.29, 0.717) is 23.7 Å². The van der Waals surface area contributed by atoms with Crippen molar-refractivity contribution in [3.63, 3.8) is 0 Å². The maximum Gasteiger partial charge on any atom is 0.244 e. The number of hydrogen-bond acceptors (Lipinski definition) is 2. The van der Waals surface area contributed by atoms with E-state index in [1.165, 1.54) is 12.8 Å². The third-order valence-electron chi connectivity index (χ3n) is 5.37. The lowest BCUT2D eigenvalue weighted by Gasteiger charge is -2.39. The van der Waals surface area contributed by atoms with Crippen LogP contribution in [0.4, 0.5) is 0 Å². The van der Waals surface area contributed by atoms with Crippen molar-refractivity contribution < 1.29 is 9.59 Å². The summed E-state index contributed by atoms with van der Waals surface area (Å²) >= 11 is 0. The summed E-state index contributed by atoms with van der Waals surface area (Å²) in [6.45, 7) is 10.4. The summed E-state index contributed by atoms with van der Waals surface area (Å²) in [7, 11) is 0. The first-order chi connectivity index (χ1) is 10.8. The number of piperidine rings is 1. The molecule has 0 radical (unpaired) electrons. The third kappa shape index (κ3) is 5.50. The van der Waals surface area contributed by atoms with E-state index in [2.05, 4.69) is 26.1 Å². The highest BCUT2D eigenvalue weighted by Gasteiger charge is 2.33. The quantitative estimate of drug-likeness (QED) is 0.863. The lowest BCUT2D eigenvalue weighted by Crippen LogP contribution is -2.48. The molecule has 0 unspecified atom stereocenters. The molecule has 23 heavy (non-hydrogen) atoms. The molecule has 0 aromatic heterocycles. The highest BCUT2D eigenvalue weighted by atomic mass is 16.2. The fourth-order valence-electron chi connectivity index (χ4n) is 4.71. The molecular weight excluding hydrogens is 288 g/mol. The Bertz CT molecular complexity index is 427. The van der Waals surface area contributed by atoms with Crippen LogP contribution < -0.4 is 5.32 Å². The van der Waals surface area contributed by atoms with Gasteiger partial charge in [-0.05, 0) is 62.7 Å². The first-order valence-electron chi connectivity index (χ1n) is 9.35. The third-order valence-corrected chi connectivity index (χ3v) is 5.37. The van der Waals surface area contributed by atoms with Gasteiger partial charge < -0.3 is 10.2 Å². The maximum atomic E-state index is 12.4. The van der Waals surface area contributed by atoms with Crippen molar-refractivity contribution in [3.05, 3.63) is 0 Å². The van der Waals surface area contributed by atoms with Crippen LogP contribution in [0.5, 0.6) is 0 Å². The van der Waals surface area contributed by atoms with Crippen molar-refractivity contribution in [1.29, 1.82) is 0 Å². The number of nitrogens with one attached hydrogen (secondary N) is 1. The Labute approximate surface area is 141 Å². The lowest BCUT2D eigenvalue weighted by atomic mass is 9.67. The first-order valence-corrected chi connectivity index (χ1v) is 9.35. The molecule has 0 aromatic carbocycles. The van der Waals surface area contributed by atoms with Crippen molar-refractivity contribution in [2.24, 2.45) is 17.3 Å². The molecule has 1 heterocycles. The molecule has 2 rings (SSSR count). The monoisotopic (exact) mass is 322 g/mol. The van der Waals surface area contributed by atoms with Crippen LogP contribution >= 0.6 is 0 Å². The van der Waals surface area contributed by atoms with Crippen molar-refractivity contribution in [1.82, 2.24) is 10.2 Å². The molecule has 1 saturated carbocycles. The van der Waals surface area contributed by atoms with Gasteiger partial charge in [0.05, 0.1) is 0 Å². The molecule has 1 saturated heterocycles. The fraction of sp³-hybridized carbons (Fsp3) is 0.895. The van der Waals surface area contributed by atoms with Gasteiger partial charge in [-0.3, -0.25) is 9.59 Å². The molecule has 1 N–H and O–H groups in total. The molecule has 4 nitrogen and oxygen atoms in total. The standard InChI is InChI=1S/C19H34N2O2/c1-14-10-16(13-19(3,4)12-14)11-17(22)20-15(2)18(23)21-8-6-5-7-9-21/h14-16H,5-13H2,1-4H3,(H,20,22)/t14-,15-,16+/m0/s1. The lowest BCUT2D eigenvalue weighted by molar-refractivity contribution is -0.137. The van der Waals surface area contributed by atoms with Crippen molar-refractivity contribution in [2.45, 2.75) is 78.7 Å². The van der Waals surface area contributed by atoms with E-state index in [4.69, 9.17) is 0 Å². The van der Waals surface area contributed by atoms with E-state index in [1.54, 1.807) is 0 Å². The number of likely N-dealkylation sites (tertiary alicyclic amines) is 1. The van der Waals surface area contributed by atoms with E-state index < -0.39 is 6.04 Å². The Kier molecular flexibility index (Phi) is 6.10. The normalized spacial score (nSPS) is 29.0. The molecule has 0 bridgehead atoms. The Morgan fingerprint density at radius 3 is 2.43 bits per heavy atom. The van der Waals surface area contributed by atoms with Crippen LogP contribution in [0.1, 0.15) is 72.6 Å². The van der Waals surface area contributed by atoms with Gasteiger partial charge in [0.25, 0.3) is 0 Å². The number of nitrogens with zero attached hydrogens (tertiary/aromatic N) is 1. The second-order valence-electron chi connectivity index (χ2n) is 8.66. The zero-order valence-corrected chi connectivity index (χ0v) is 15.4. The zero-order chi connectivity index (χ0) is 17.0. The topological polar surface area (TPSA) is 49.4 Å². The molecule has 2 fully saturated rings. The van der Waals surface area contributed by atoms with Crippen molar-refractivity contribution in [3.8, 4) is 0 Å². The van der Waals surface area contributed by atoms with Gasteiger partial charge >= 0.3 is 0 Å². The minimum absolute atomic E-state index is 0.0396. The van der Waals surface area contributed by atoms with E-state index in [1.807, 2.05) is 11.8 Å². The van der Waals surface area contributed by atoms with Gasteiger partial charge in [0.1, 0.15) is 6.04 Å². The molecule has 0 aromatic rings. The number of carbonyl (C=O) groups is 2. The Morgan fingerprint density at radius 2 is 1.83 bits per heavy atom. The molecular formula is C19H34N2O2. The molecule has 132 valence electrons. The highest BCUT2D eigenvalue weighted by Crippen LogP contribution is 2.42. The summed E-state index contributed by atoms with van der Waals surface area (Å²) in [6.07, 6.45) is 7.42. The fourth-order valence-corrected chi connectivity index (χ4v) is 4.71. The van der Waals surface area contributed by atoms with Gasteiger partial charge in [0, 0.05) is 19.5 Å². The SMILES string of the molecule is C[C@H]1C[C@H](CC(=O)N[C@@H](C)C(=O)N2CCCCC2)CC(C)(C)C1. The van der Waals surface area contributed by atoms with Crippen LogP contribution in [0.25, 0.3) is 0 Å². The van der Waals surface area contributed by atoms with Crippen LogP contribution in [-0.2, 0) is 9.59 Å². The van der Waals surface area contributed by atoms with Crippen molar-refractivity contribution >= 4 is 11.8 Å². The van der Waals surface area contributed by atoms with Gasteiger partial charge in [0.15, 0.2) is 0 Å². The Morgan fingerprint density at radius 1 is 1.17 bits per heavy atom. The second-order valence-corrected chi connectivity index (χ2v) is 8.66. The number of amides is 2. The molecule has 4 heteroatoms. The molecule has 2 aliphatic rings. The molecule has 2 amide bonds. The average molecular weight is 322 g/mol. The first kappa shape index (κ1) is 18.3. The van der Waals surface area contributed by atoms with Gasteiger partial charge in [-0.2, -0.15) is 0 Å². The number of rotatable bonds is 4. The van der Waals surface area contributed by atoms with E-state index in [9.17, 15) is 9.59 Å². The summed E-state index contributed by atoms with van der Waals surface area (Å²) in [4.78, 5) is 26.6. The maximum absolute atomic E-state index is 12.4. The van der Waals surface area contributed by atoms with E-state index >= 15 is 0 Å². The molecule has 1 aliphatic heterocycles. The van der Waals surface area contributed by atoms with E-state index in [0.717, 1.165) is 38.8 Å². The van der Waals surface area contributed by atoms with Crippen molar-refractivity contribution in [2.75, 3.05) is 13.1 Å². The average Bonchev–Trinajstić information content (AvgIpc) is 2.44. The van der Waals surface area contributed by atoms with Gasteiger partial charge in [-0.15, -0.1) is 0 Å². The van der Waals surface area contributed by atoms with E-state index in [-0.39, 0.29) is 11.8 Å². The van der Waals surface area contributed by atoms with Crippen LogP contribution in [0.2, 0.25) is 0 Å². The van der Waals surface area contributed by atoms with Gasteiger partial charge in [-0.25, -0.2) is 0 Å². The van der Waals surface area contributed by atoms with Crippen LogP contribution in [0, 0.1) is 17.3 Å². The smallest absolute Gasteiger partial charge is 0.244 e. The van der Waals surface area contributed by atoms with Crippen LogP contribution in [0.3, 0.4) is 0 Å². The summed E-state index contributed by atoms with van der Waals surface area (Å²) in [5.41, 5.74) is 0.331. The largest absolute Gasteiger partial charge is 0.345 e. The van der Waals surface area contributed by atoms with Gasteiger partial charge in [-0.1, -0.05) is 20.8 Å². The summed E-state index contributed by atoms with van der Waals surface area (Å²) in [6, 6.07) is -0.394.